The lowest BCUT2D eigenvalue weighted by molar-refractivity contribution is -0.149. The van der Waals surface area contributed by atoms with Gasteiger partial charge in [0.25, 0.3) is 0 Å². The SMILES string of the molecule is CC(CC(=O)N1CCS(=O)(=O)CC1C(=O)O)n1ccnc1. The number of carboxylic acids is 1. The summed E-state index contributed by atoms with van der Waals surface area (Å²) in [6.45, 7) is 1.74. The molecular formula is C12H17N3O5S. The van der Waals surface area contributed by atoms with Crippen molar-refractivity contribution in [3.05, 3.63) is 18.7 Å². The van der Waals surface area contributed by atoms with Crippen LogP contribution in [-0.4, -0.2) is 63.9 Å². The molecule has 0 aliphatic carbocycles. The van der Waals surface area contributed by atoms with Gasteiger partial charge in [0.15, 0.2) is 9.84 Å². The van der Waals surface area contributed by atoms with Gasteiger partial charge in [-0.15, -0.1) is 0 Å². The van der Waals surface area contributed by atoms with Crippen molar-refractivity contribution in [1.29, 1.82) is 0 Å². The zero-order chi connectivity index (χ0) is 15.6. The first-order valence-electron chi connectivity index (χ1n) is 6.50. The molecule has 2 atom stereocenters. The molecule has 1 saturated heterocycles. The van der Waals surface area contributed by atoms with Crippen molar-refractivity contribution in [3.63, 3.8) is 0 Å². The average molecular weight is 315 g/mol. The smallest absolute Gasteiger partial charge is 0.327 e. The zero-order valence-corrected chi connectivity index (χ0v) is 12.4. The Morgan fingerprint density at radius 1 is 1.48 bits per heavy atom. The second-order valence-corrected chi connectivity index (χ2v) is 7.35. The number of aromatic nitrogens is 2. The van der Waals surface area contributed by atoms with Crippen molar-refractivity contribution in [1.82, 2.24) is 14.5 Å². The highest BCUT2D eigenvalue weighted by molar-refractivity contribution is 7.91. The maximum absolute atomic E-state index is 12.3. The first-order chi connectivity index (χ1) is 9.80. The Hall–Kier alpha value is -1.90. The van der Waals surface area contributed by atoms with E-state index in [0.717, 1.165) is 4.90 Å². The number of hydrogen-bond acceptors (Lipinski definition) is 5. The van der Waals surface area contributed by atoms with E-state index in [0.29, 0.717) is 0 Å². The summed E-state index contributed by atoms with van der Waals surface area (Å²) in [5, 5.41) is 9.13. The van der Waals surface area contributed by atoms with E-state index in [1.54, 1.807) is 23.3 Å². The third kappa shape index (κ3) is 3.60. The van der Waals surface area contributed by atoms with Crippen LogP contribution in [0.4, 0.5) is 0 Å². The van der Waals surface area contributed by atoms with Gasteiger partial charge in [-0.25, -0.2) is 18.2 Å². The summed E-state index contributed by atoms with van der Waals surface area (Å²) in [5.74, 6) is -2.37. The Labute approximate surface area is 122 Å². The second-order valence-electron chi connectivity index (χ2n) is 5.12. The first-order valence-corrected chi connectivity index (χ1v) is 8.32. The summed E-state index contributed by atoms with van der Waals surface area (Å²) in [5.41, 5.74) is 0. The molecule has 0 bridgehead atoms. The van der Waals surface area contributed by atoms with E-state index in [1.807, 2.05) is 6.92 Å². The van der Waals surface area contributed by atoms with Crippen LogP contribution in [0.5, 0.6) is 0 Å². The van der Waals surface area contributed by atoms with Gasteiger partial charge in [0.1, 0.15) is 6.04 Å². The fourth-order valence-electron chi connectivity index (χ4n) is 2.32. The molecule has 1 aromatic rings. The molecule has 21 heavy (non-hydrogen) atoms. The Bertz CT molecular complexity index is 625. The number of carbonyl (C=O) groups excluding carboxylic acids is 1. The number of imidazole rings is 1. The van der Waals surface area contributed by atoms with Crippen LogP contribution in [0.15, 0.2) is 18.7 Å². The molecule has 0 aromatic carbocycles. The molecule has 1 aliphatic heterocycles. The van der Waals surface area contributed by atoms with Crippen LogP contribution in [0.1, 0.15) is 19.4 Å². The van der Waals surface area contributed by atoms with Gasteiger partial charge >= 0.3 is 5.97 Å². The second kappa shape index (κ2) is 5.84. The number of nitrogens with zero attached hydrogens (tertiary/aromatic N) is 3. The molecule has 1 fully saturated rings. The van der Waals surface area contributed by atoms with Gasteiger partial charge in [-0.1, -0.05) is 0 Å². The Balaban J connectivity index is 2.08. The number of amides is 1. The van der Waals surface area contributed by atoms with E-state index in [2.05, 4.69) is 4.98 Å². The molecule has 9 heteroatoms. The highest BCUT2D eigenvalue weighted by Crippen LogP contribution is 2.18. The average Bonchev–Trinajstić information content (AvgIpc) is 2.91. The van der Waals surface area contributed by atoms with Crippen LogP contribution in [0, 0.1) is 0 Å². The van der Waals surface area contributed by atoms with E-state index >= 15 is 0 Å². The minimum absolute atomic E-state index is 0.0746. The molecule has 1 aliphatic rings. The molecule has 1 N–H and O–H groups in total. The summed E-state index contributed by atoms with van der Waals surface area (Å²) >= 11 is 0. The van der Waals surface area contributed by atoms with E-state index in [4.69, 9.17) is 5.11 Å². The van der Waals surface area contributed by atoms with Crippen LogP contribution in [0.2, 0.25) is 0 Å². The summed E-state index contributed by atoms with van der Waals surface area (Å²) in [7, 11) is -3.40. The van der Waals surface area contributed by atoms with Gasteiger partial charge < -0.3 is 14.6 Å². The number of hydrogen-bond donors (Lipinski definition) is 1. The normalized spacial score (nSPS) is 22.7. The topological polar surface area (TPSA) is 110 Å². The van der Waals surface area contributed by atoms with Crippen molar-refractivity contribution >= 4 is 21.7 Å². The number of aliphatic carboxylic acids is 1. The predicted molar refractivity (Wildman–Crippen MR) is 73.3 cm³/mol. The van der Waals surface area contributed by atoms with E-state index in [-0.39, 0.29) is 30.7 Å². The summed E-state index contributed by atoms with van der Waals surface area (Å²) in [6.07, 6.45) is 4.98. The fraction of sp³-hybridized carbons (Fsp3) is 0.583. The molecule has 8 nitrogen and oxygen atoms in total. The highest BCUT2D eigenvalue weighted by Gasteiger charge is 2.38. The molecule has 2 heterocycles. The molecule has 0 radical (unpaired) electrons. The summed E-state index contributed by atoms with van der Waals surface area (Å²) < 4.78 is 24.8. The van der Waals surface area contributed by atoms with Crippen LogP contribution >= 0.6 is 0 Å². The van der Waals surface area contributed by atoms with Crippen LogP contribution < -0.4 is 0 Å². The molecular weight excluding hydrogens is 298 g/mol. The lowest BCUT2D eigenvalue weighted by atomic mass is 10.1. The Morgan fingerprint density at radius 2 is 2.19 bits per heavy atom. The van der Waals surface area contributed by atoms with E-state index in [1.165, 1.54) is 0 Å². The van der Waals surface area contributed by atoms with Crippen molar-refractivity contribution in [2.75, 3.05) is 18.1 Å². The minimum atomic E-state index is -3.40. The lowest BCUT2D eigenvalue weighted by Crippen LogP contribution is -2.55. The van der Waals surface area contributed by atoms with Crippen molar-refractivity contribution in [3.8, 4) is 0 Å². The maximum atomic E-state index is 12.3. The fourth-order valence-corrected chi connectivity index (χ4v) is 3.76. The van der Waals surface area contributed by atoms with Gasteiger partial charge in [-0.2, -0.15) is 0 Å². The van der Waals surface area contributed by atoms with Crippen LogP contribution in [0.25, 0.3) is 0 Å². The standard InChI is InChI=1S/C12H17N3O5S/c1-9(14-3-2-13-8-14)6-11(16)15-4-5-21(19,20)7-10(15)12(17)18/h2-3,8-10H,4-7H2,1H3,(H,17,18). The summed E-state index contributed by atoms with van der Waals surface area (Å²) in [4.78, 5) is 28.5. The zero-order valence-electron chi connectivity index (χ0n) is 11.5. The van der Waals surface area contributed by atoms with Gasteiger partial charge in [-0.3, -0.25) is 4.79 Å². The largest absolute Gasteiger partial charge is 0.480 e. The molecule has 1 amide bonds. The number of sulfone groups is 1. The summed E-state index contributed by atoms with van der Waals surface area (Å²) in [6, 6.07) is -1.47. The van der Waals surface area contributed by atoms with Gasteiger partial charge in [-0.05, 0) is 6.92 Å². The highest BCUT2D eigenvalue weighted by atomic mass is 32.2. The van der Waals surface area contributed by atoms with Gasteiger partial charge in [0.2, 0.25) is 5.91 Å². The van der Waals surface area contributed by atoms with Gasteiger partial charge in [0.05, 0.1) is 17.8 Å². The Morgan fingerprint density at radius 3 is 2.76 bits per heavy atom. The molecule has 116 valence electrons. The molecule has 1 aromatic heterocycles. The first kappa shape index (κ1) is 15.5. The third-order valence-corrected chi connectivity index (χ3v) is 5.17. The van der Waals surface area contributed by atoms with Crippen molar-refractivity contribution in [2.45, 2.75) is 25.4 Å². The third-order valence-electron chi connectivity index (χ3n) is 3.54. The molecule has 2 unspecified atom stereocenters. The maximum Gasteiger partial charge on any atom is 0.327 e. The van der Waals surface area contributed by atoms with E-state index < -0.39 is 27.6 Å². The molecule has 0 spiro atoms. The monoisotopic (exact) mass is 315 g/mol. The Kier molecular flexibility index (Phi) is 4.31. The number of rotatable bonds is 4. The predicted octanol–water partition coefficient (Wildman–Crippen LogP) is -0.456. The molecule has 0 saturated carbocycles. The number of carbonyl (C=O) groups is 2. The minimum Gasteiger partial charge on any atom is -0.480 e. The van der Waals surface area contributed by atoms with Crippen LogP contribution in [-0.2, 0) is 19.4 Å². The van der Waals surface area contributed by atoms with E-state index in [9.17, 15) is 18.0 Å². The lowest BCUT2D eigenvalue weighted by Gasteiger charge is -2.33. The molecule has 2 rings (SSSR count). The van der Waals surface area contributed by atoms with Crippen LogP contribution in [0.3, 0.4) is 0 Å². The van der Waals surface area contributed by atoms with Crippen molar-refractivity contribution < 1.29 is 23.1 Å². The quantitative estimate of drug-likeness (QED) is 0.805. The number of carboxylic acid groups (broad SMARTS) is 1. The van der Waals surface area contributed by atoms with Crippen molar-refractivity contribution in [2.24, 2.45) is 0 Å². The van der Waals surface area contributed by atoms with Gasteiger partial charge in [0, 0.05) is 31.4 Å².